The number of Topliss-reactive ketones (excluding diaryl/α,β-unsaturated/α-hetero) is 1. The predicted octanol–water partition coefficient (Wildman–Crippen LogP) is 3.45. The number of hydrogen-bond donors (Lipinski definition) is 2. The molecule has 3 rings (SSSR count). The molecular weight excluding hydrogens is 436 g/mol. The number of amides is 1. The molecule has 2 aromatic carbocycles. The third-order valence-corrected chi connectivity index (χ3v) is 5.84. The van der Waals surface area contributed by atoms with Gasteiger partial charge in [0.15, 0.2) is 0 Å². The molecule has 1 amide bonds. The largest absolute Gasteiger partial charge is 0.508 e. The zero-order valence-corrected chi connectivity index (χ0v) is 18.1. The molecule has 1 atom stereocenters. The van der Waals surface area contributed by atoms with Crippen molar-refractivity contribution in [3.8, 4) is 5.75 Å². The number of phenolic OH excluding ortho intramolecular Hbond substituents is 1. The lowest BCUT2D eigenvalue weighted by atomic mass is 9.94. The Morgan fingerprint density at radius 2 is 1.90 bits per heavy atom. The van der Waals surface area contributed by atoms with E-state index in [0.717, 1.165) is 10.0 Å². The summed E-state index contributed by atoms with van der Waals surface area (Å²) in [6.45, 7) is 2.75. The smallest absolute Gasteiger partial charge is 0.295 e. The third-order valence-electron chi connectivity index (χ3n) is 4.95. The highest BCUT2D eigenvalue weighted by Crippen LogP contribution is 2.40. The molecule has 152 valence electrons. The number of phenols is 1. The summed E-state index contributed by atoms with van der Waals surface area (Å²) in [5, 5.41) is 20.9. The molecule has 29 heavy (non-hydrogen) atoms. The SMILES string of the molecule is Cc1cc(/C(O)=C2/C(=O)C(=O)N(CCN(C)C)C2c2cccc(O)c2)ccc1Br. The topological polar surface area (TPSA) is 81.1 Å². The first-order valence-corrected chi connectivity index (χ1v) is 9.98. The van der Waals surface area contributed by atoms with E-state index in [1.54, 1.807) is 30.3 Å². The number of rotatable bonds is 5. The fourth-order valence-corrected chi connectivity index (χ4v) is 3.65. The van der Waals surface area contributed by atoms with Gasteiger partial charge in [-0.1, -0.05) is 34.1 Å². The number of nitrogens with zero attached hydrogens (tertiary/aromatic N) is 2. The maximum atomic E-state index is 12.9. The van der Waals surface area contributed by atoms with E-state index in [4.69, 9.17) is 0 Å². The van der Waals surface area contributed by atoms with Gasteiger partial charge in [0.05, 0.1) is 11.6 Å². The van der Waals surface area contributed by atoms with E-state index in [1.807, 2.05) is 25.9 Å². The number of benzene rings is 2. The minimum Gasteiger partial charge on any atom is -0.508 e. The summed E-state index contributed by atoms with van der Waals surface area (Å²) in [6, 6.07) is 10.9. The number of hydrogen-bond acceptors (Lipinski definition) is 5. The Balaban J connectivity index is 2.17. The van der Waals surface area contributed by atoms with Crippen LogP contribution in [0.15, 0.2) is 52.5 Å². The molecule has 1 aliphatic rings. The summed E-state index contributed by atoms with van der Waals surface area (Å²) >= 11 is 3.42. The number of carbonyl (C=O) groups excluding carboxylic acids is 2. The van der Waals surface area contributed by atoms with Crippen LogP contribution in [0.3, 0.4) is 0 Å². The van der Waals surface area contributed by atoms with Gasteiger partial charge in [-0.2, -0.15) is 0 Å². The molecule has 0 saturated carbocycles. The van der Waals surface area contributed by atoms with E-state index in [0.29, 0.717) is 24.2 Å². The van der Waals surface area contributed by atoms with E-state index in [1.165, 1.54) is 17.0 Å². The lowest BCUT2D eigenvalue weighted by molar-refractivity contribution is -0.140. The van der Waals surface area contributed by atoms with Crippen molar-refractivity contribution in [2.75, 3.05) is 27.2 Å². The molecule has 0 radical (unpaired) electrons. The van der Waals surface area contributed by atoms with Crippen LogP contribution in [0.4, 0.5) is 0 Å². The fraction of sp³-hybridized carbons (Fsp3) is 0.273. The molecule has 2 aromatic rings. The van der Waals surface area contributed by atoms with Crippen molar-refractivity contribution in [3.05, 3.63) is 69.2 Å². The summed E-state index contributed by atoms with van der Waals surface area (Å²) in [4.78, 5) is 29.1. The second kappa shape index (κ2) is 8.39. The molecule has 7 heteroatoms. The summed E-state index contributed by atoms with van der Waals surface area (Å²) < 4.78 is 0.880. The highest BCUT2D eigenvalue weighted by Gasteiger charge is 2.46. The molecule has 0 spiro atoms. The first kappa shape index (κ1) is 21.1. The quantitative estimate of drug-likeness (QED) is 0.407. The number of likely N-dealkylation sites (N-methyl/N-ethyl adjacent to an activating group) is 1. The number of carbonyl (C=O) groups is 2. The second-order valence-corrected chi connectivity index (χ2v) is 8.21. The van der Waals surface area contributed by atoms with Crippen molar-refractivity contribution in [1.29, 1.82) is 0 Å². The van der Waals surface area contributed by atoms with Gasteiger partial charge in [0.2, 0.25) is 0 Å². The average Bonchev–Trinajstić information content (AvgIpc) is 2.92. The van der Waals surface area contributed by atoms with Crippen molar-refractivity contribution in [2.24, 2.45) is 0 Å². The van der Waals surface area contributed by atoms with Crippen LogP contribution in [0.2, 0.25) is 0 Å². The molecule has 1 aliphatic heterocycles. The second-order valence-electron chi connectivity index (χ2n) is 7.35. The minimum atomic E-state index is -0.772. The molecule has 1 fully saturated rings. The van der Waals surface area contributed by atoms with Crippen LogP contribution < -0.4 is 0 Å². The number of ketones is 1. The first-order chi connectivity index (χ1) is 13.7. The average molecular weight is 459 g/mol. The summed E-state index contributed by atoms with van der Waals surface area (Å²) in [7, 11) is 3.76. The van der Waals surface area contributed by atoms with Crippen LogP contribution in [0, 0.1) is 6.92 Å². The van der Waals surface area contributed by atoms with Gasteiger partial charge in [-0.3, -0.25) is 9.59 Å². The van der Waals surface area contributed by atoms with Crippen molar-refractivity contribution in [2.45, 2.75) is 13.0 Å². The van der Waals surface area contributed by atoms with Crippen LogP contribution in [0.25, 0.3) is 5.76 Å². The van der Waals surface area contributed by atoms with Crippen LogP contribution >= 0.6 is 15.9 Å². The molecule has 1 saturated heterocycles. The Morgan fingerprint density at radius 3 is 2.52 bits per heavy atom. The summed E-state index contributed by atoms with van der Waals surface area (Å²) in [6.07, 6.45) is 0. The van der Waals surface area contributed by atoms with E-state index < -0.39 is 17.7 Å². The van der Waals surface area contributed by atoms with Gasteiger partial charge in [0.1, 0.15) is 11.5 Å². The van der Waals surface area contributed by atoms with Gasteiger partial charge in [-0.15, -0.1) is 0 Å². The molecule has 0 aromatic heterocycles. The Labute approximate surface area is 178 Å². The van der Waals surface area contributed by atoms with Gasteiger partial charge < -0.3 is 20.0 Å². The molecule has 0 aliphatic carbocycles. The number of aromatic hydroxyl groups is 1. The zero-order chi connectivity index (χ0) is 21.3. The number of aliphatic hydroxyl groups is 1. The van der Waals surface area contributed by atoms with Crippen LogP contribution in [0.1, 0.15) is 22.7 Å². The van der Waals surface area contributed by atoms with Gasteiger partial charge in [-0.05, 0) is 56.4 Å². The first-order valence-electron chi connectivity index (χ1n) is 9.19. The van der Waals surface area contributed by atoms with E-state index in [9.17, 15) is 19.8 Å². The molecular formula is C22H23BrN2O4. The van der Waals surface area contributed by atoms with Crippen LogP contribution in [-0.4, -0.2) is 58.9 Å². The van der Waals surface area contributed by atoms with Crippen LogP contribution in [0.5, 0.6) is 5.75 Å². The number of likely N-dealkylation sites (tertiary alicyclic amines) is 1. The Bertz CT molecular complexity index is 1000. The molecule has 0 bridgehead atoms. The highest BCUT2D eigenvalue weighted by atomic mass is 79.9. The van der Waals surface area contributed by atoms with Gasteiger partial charge in [0.25, 0.3) is 11.7 Å². The summed E-state index contributed by atoms with van der Waals surface area (Å²) in [5.41, 5.74) is 1.95. The standard InChI is InChI=1S/C22H23BrN2O4/c1-13-11-15(7-8-17(13)23)20(27)18-19(14-5-4-6-16(26)12-14)25(10-9-24(2)3)22(29)21(18)28/h4-8,11-12,19,26-27H,9-10H2,1-3H3/b20-18-. The Morgan fingerprint density at radius 1 is 1.17 bits per heavy atom. The Hall–Kier alpha value is -2.64. The molecule has 6 nitrogen and oxygen atoms in total. The van der Waals surface area contributed by atoms with Crippen molar-refractivity contribution >= 4 is 33.4 Å². The highest BCUT2D eigenvalue weighted by molar-refractivity contribution is 9.10. The van der Waals surface area contributed by atoms with Gasteiger partial charge in [-0.25, -0.2) is 0 Å². The number of aliphatic hydroxyl groups excluding tert-OH is 1. The van der Waals surface area contributed by atoms with Crippen LogP contribution in [-0.2, 0) is 9.59 Å². The van der Waals surface area contributed by atoms with Crippen molar-refractivity contribution < 1.29 is 19.8 Å². The van der Waals surface area contributed by atoms with E-state index in [-0.39, 0.29) is 17.1 Å². The zero-order valence-electron chi connectivity index (χ0n) is 16.5. The Kier molecular flexibility index (Phi) is 6.10. The summed E-state index contributed by atoms with van der Waals surface area (Å²) in [5.74, 6) is -1.58. The van der Waals surface area contributed by atoms with E-state index >= 15 is 0 Å². The number of aryl methyl sites for hydroxylation is 1. The third kappa shape index (κ3) is 4.21. The predicted molar refractivity (Wildman–Crippen MR) is 115 cm³/mol. The van der Waals surface area contributed by atoms with Gasteiger partial charge in [0, 0.05) is 23.1 Å². The normalized spacial score (nSPS) is 18.7. The van der Waals surface area contributed by atoms with E-state index in [2.05, 4.69) is 15.9 Å². The minimum absolute atomic E-state index is 0.0279. The lowest BCUT2D eigenvalue weighted by Gasteiger charge is -2.26. The number of halogens is 1. The maximum absolute atomic E-state index is 12.9. The molecule has 1 heterocycles. The lowest BCUT2D eigenvalue weighted by Crippen LogP contribution is -2.35. The molecule has 1 unspecified atom stereocenters. The van der Waals surface area contributed by atoms with Gasteiger partial charge >= 0.3 is 0 Å². The van der Waals surface area contributed by atoms with Crippen molar-refractivity contribution in [1.82, 2.24) is 9.80 Å². The van der Waals surface area contributed by atoms with Crippen molar-refractivity contribution in [3.63, 3.8) is 0 Å². The maximum Gasteiger partial charge on any atom is 0.295 e. The fourth-order valence-electron chi connectivity index (χ4n) is 3.41. The molecule has 2 N–H and O–H groups in total. The monoisotopic (exact) mass is 458 g/mol.